The van der Waals surface area contributed by atoms with Crippen LogP contribution in [0.5, 0.6) is 5.75 Å². The van der Waals surface area contributed by atoms with E-state index in [0.29, 0.717) is 24.2 Å². The Labute approximate surface area is 107 Å². The van der Waals surface area contributed by atoms with Crippen LogP contribution in [0.1, 0.15) is 42.5 Å². The molecule has 0 unspecified atom stereocenters. The van der Waals surface area contributed by atoms with Crippen LogP contribution in [0.25, 0.3) is 0 Å². The van der Waals surface area contributed by atoms with Crippen molar-refractivity contribution in [3.63, 3.8) is 0 Å². The van der Waals surface area contributed by atoms with Gasteiger partial charge in [-0.25, -0.2) is 0 Å². The molecule has 1 aliphatic carbocycles. The highest BCUT2D eigenvalue weighted by atomic mass is 16.5. The van der Waals surface area contributed by atoms with Crippen LogP contribution < -0.4 is 4.74 Å². The van der Waals surface area contributed by atoms with E-state index in [9.17, 15) is 9.59 Å². The first-order valence-electron chi connectivity index (χ1n) is 6.41. The lowest BCUT2D eigenvalue weighted by Crippen LogP contribution is -2.22. The molecule has 1 fully saturated rings. The first-order chi connectivity index (χ1) is 8.72. The summed E-state index contributed by atoms with van der Waals surface area (Å²) < 4.78 is 5.18. The number of ether oxygens (including phenoxy) is 1. The smallest absolute Gasteiger partial charge is 0.167 e. The average molecular weight is 246 g/mol. The molecule has 0 N–H and O–H groups in total. The predicted molar refractivity (Wildman–Crippen MR) is 68.9 cm³/mol. The lowest BCUT2D eigenvalue weighted by atomic mass is 9.83. The highest BCUT2D eigenvalue weighted by Gasteiger charge is 2.25. The van der Waals surface area contributed by atoms with Crippen molar-refractivity contribution in [1.82, 2.24) is 0 Å². The summed E-state index contributed by atoms with van der Waals surface area (Å²) in [6.45, 7) is 0. The number of benzene rings is 1. The van der Waals surface area contributed by atoms with Gasteiger partial charge in [0.25, 0.3) is 0 Å². The molecule has 1 saturated carbocycles. The first-order valence-corrected chi connectivity index (χ1v) is 6.41. The second-order valence-electron chi connectivity index (χ2n) is 4.74. The molecule has 0 saturated heterocycles. The van der Waals surface area contributed by atoms with Gasteiger partial charge in [0.05, 0.1) is 12.7 Å². The number of para-hydroxylation sites is 1. The van der Waals surface area contributed by atoms with Crippen LogP contribution >= 0.6 is 0 Å². The zero-order valence-electron chi connectivity index (χ0n) is 10.6. The Morgan fingerprint density at radius 3 is 2.83 bits per heavy atom. The van der Waals surface area contributed by atoms with Crippen molar-refractivity contribution in [3.05, 3.63) is 29.8 Å². The van der Waals surface area contributed by atoms with Crippen LogP contribution in [-0.4, -0.2) is 18.7 Å². The Morgan fingerprint density at radius 1 is 1.33 bits per heavy atom. The number of carbonyl (C=O) groups excluding carboxylic acids is 2. The van der Waals surface area contributed by atoms with E-state index in [4.69, 9.17) is 4.74 Å². The molecule has 1 aliphatic rings. The van der Waals surface area contributed by atoms with Gasteiger partial charge in [0.1, 0.15) is 11.5 Å². The van der Waals surface area contributed by atoms with Crippen LogP contribution in [-0.2, 0) is 4.79 Å². The minimum Gasteiger partial charge on any atom is -0.496 e. The Kier molecular flexibility index (Phi) is 4.13. The van der Waals surface area contributed by atoms with Crippen LogP contribution in [0.15, 0.2) is 24.3 Å². The number of rotatable bonds is 4. The Morgan fingerprint density at radius 2 is 2.11 bits per heavy atom. The maximum atomic E-state index is 12.2. The second-order valence-corrected chi connectivity index (χ2v) is 4.74. The average Bonchev–Trinajstić information content (AvgIpc) is 2.41. The van der Waals surface area contributed by atoms with Crippen molar-refractivity contribution < 1.29 is 14.3 Å². The van der Waals surface area contributed by atoms with Gasteiger partial charge in [-0.15, -0.1) is 0 Å². The largest absolute Gasteiger partial charge is 0.496 e. The molecular weight excluding hydrogens is 228 g/mol. The number of methoxy groups -OCH3 is 1. The summed E-state index contributed by atoms with van der Waals surface area (Å²) in [4.78, 5) is 23.9. The standard InChI is InChI=1S/C15H18O3/c1-18-15-9-5-3-7-12(15)14(17)10-11-6-2-4-8-13(11)16/h3,5,7,9,11H,2,4,6,8,10H2,1H3/t11-/m1/s1. The fourth-order valence-corrected chi connectivity index (χ4v) is 2.48. The van der Waals surface area contributed by atoms with Crippen molar-refractivity contribution >= 4 is 11.6 Å². The normalized spacial score (nSPS) is 19.6. The predicted octanol–water partition coefficient (Wildman–Crippen LogP) is 3.03. The van der Waals surface area contributed by atoms with Gasteiger partial charge in [-0.3, -0.25) is 9.59 Å². The van der Waals surface area contributed by atoms with Crippen LogP contribution in [0.3, 0.4) is 0 Å². The molecule has 96 valence electrons. The van der Waals surface area contributed by atoms with Crippen LogP contribution in [0.4, 0.5) is 0 Å². The van der Waals surface area contributed by atoms with E-state index >= 15 is 0 Å². The molecule has 3 nitrogen and oxygen atoms in total. The summed E-state index contributed by atoms with van der Waals surface area (Å²) in [5.74, 6) is 0.749. The Bertz CT molecular complexity index is 451. The van der Waals surface area contributed by atoms with Gasteiger partial charge in [-0.05, 0) is 25.0 Å². The molecule has 1 atom stereocenters. The molecule has 1 aromatic carbocycles. The summed E-state index contributed by atoms with van der Waals surface area (Å²) in [5, 5.41) is 0. The lowest BCUT2D eigenvalue weighted by Gasteiger charge is -2.19. The number of Topliss-reactive ketones (excluding diaryl/α,β-unsaturated/α-hetero) is 2. The minimum atomic E-state index is -0.0869. The third-order valence-corrected chi connectivity index (χ3v) is 3.52. The molecule has 3 heteroatoms. The van der Waals surface area contributed by atoms with E-state index in [1.807, 2.05) is 12.1 Å². The summed E-state index contributed by atoms with van der Waals surface area (Å²) in [5.41, 5.74) is 0.582. The van der Waals surface area contributed by atoms with E-state index in [2.05, 4.69) is 0 Å². The van der Waals surface area contributed by atoms with Gasteiger partial charge in [0.15, 0.2) is 5.78 Å². The van der Waals surface area contributed by atoms with Gasteiger partial charge in [-0.2, -0.15) is 0 Å². The molecule has 0 amide bonds. The quantitative estimate of drug-likeness (QED) is 0.767. The third-order valence-electron chi connectivity index (χ3n) is 3.52. The SMILES string of the molecule is COc1ccccc1C(=O)C[C@H]1CCCCC1=O. The highest BCUT2D eigenvalue weighted by molar-refractivity contribution is 6.01. The zero-order chi connectivity index (χ0) is 13.0. The number of ketones is 2. The van der Waals surface area contributed by atoms with E-state index in [1.165, 1.54) is 0 Å². The number of carbonyl (C=O) groups is 2. The molecule has 0 radical (unpaired) electrons. The van der Waals surface area contributed by atoms with Crippen LogP contribution in [0.2, 0.25) is 0 Å². The maximum Gasteiger partial charge on any atom is 0.167 e. The molecule has 0 aliphatic heterocycles. The number of hydrogen-bond acceptors (Lipinski definition) is 3. The van der Waals surface area contributed by atoms with Crippen molar-refractivity contribution in [2.45, 2.75) is 32.1 Å². The topological polar surface area (TPSA) is 43.4 Å². The zero-order valence-corrected chi connectivity index (χ0v) is 10.6. The first kappa shape index (κ1) is 12.8. The van der Waals surface area contributed by atoms with Gasteiger partial charge in [0, 0.05) is 18.8 Å². The van der Waals surface area contributed by atoms with E-state index < -0.39 is 0 Å². The molecule has 0 bridgehead atoms. The molecule has 0 aromatic heterocycles. The molecule has 0 heterocycles. The van der Waals surface area contributed by atoms with Gasteiger partial charge in [-0.1, -0.05) is 18.6 Å². The molecule has 0 spiro atoms. The molecule has 2 rings (SSSR count). The van der Waals surface area contributed by atoms with Crippen molar-refractivity contribution in [2.24, 2.45) is 5.92 Å². The van der Waals surface area contributed by atoms with E-state index in [0.717, 1.165) is 19.3 Å². The van der Waals surface area contributed by atoms with Crippen LogP contribution in [0, 0.1) is 5.92 Å². The Balaban J connectivity index is 2.09. The fourth-order valence-electron chi connectivity index (χ4n) is 2.48. The van der Waals surface area contributed by atoms with Gasteiger partial charge in [0.2, 0.25) is 0 Å². The fraction of sp³-hybridized carbons (Fsp3) is 0.467. The summed E-state index contributed by atoms with van der Waals surface area (Å²) in [6, 6.07) is 7.18. The number of hydrogen-bond donors (Lipinski definition) is 0. The van der Waals surface area contributed by atoms with Gasteiger partial charge >= 0.3 is 0 Å². The second kappa shape index (κ2) is 5.80. The summed E-state index contributed by atoms with van der Waals surface area (Å²) >= 11 is 0. The molecule has 1 aromatic rings. The molecular formula is C15H18O3. The third kappa shape index (κ3) is 2.78. The maximum absolute atomic E-state index is 12.2. The molecule has 18 heavy (non-hydrogen) atoms. The monoisotopic (exact) mass is 246 g/mol. The van der Waals surface area contributed by atoms with Crippen molar-refractivity contribution in [1.29, 1.82) is 0 Å². The summed E-state index contributed by atoms with van der Waals surface area (Å²) in [7, 11) is 1.55. The minimum absolute atomic E-state index is 0.00713. The van der Waals surface area contributed by atoms with Gasteiger partial charge < -0.3 is 4.74 Å². The van der Waals surface area contributed by atoms with Crippen molar-refractivity contribution in [3.8, 4) is 5.75 Å². The lowest BCUT2D eigenvalue weighted by molar-refractivity contribution is -0.124. The van der Waals surface area contributed by atoms with E-state index in [-0.39, 0.29) is 17.5 Å². The summed E-state index contributed by atoms with van der Waals surface area (Å²) in [6.07, 6.45) is 3.82. The van der Waals surface area contributed by atoms with E-state index in [1.54, 1.807) is 19.2 Å². The Hall–Kier alpha value is -1.64. The van der Waals surface area contributed by atoms with Crippen molar-refractivity contribution in [2.75, 3.05) is 7.11 Å². The highest BCUT2D eigenvalue weighted by Crippen LogP contribution is 2.27.